The van der Waals surface area contributed by atoms with E-state index in [9.17, 15) is 13.2 Å². The van der Waals surface area contributed by atoms with Gasteiger partial charge in [0, 0.05) is 13.1 Å². The third-order valence-electron chi connectivity index (χ3n) is 6.04. The third-order valence-corrected chi connectivity index (χ3v) is 7.92. The van der Waals surface area contributed by atoms with Gasteiger partial charge in [0.15, 0.2) is 0 Å². The molecule has 1 aromatic heterocycles. The highest BCUT2D eigenvalue weighted by Crippen LogP contribution is 2.25. The minimum atomic E-state index is -3.65. The number of amides is 1. The molecule has 2 aromatic carbocycles. The Kier molecular flexibility index (Phi) is 6.62. The van der Waals surface area contributed by atoms with Crippen molar-refractivity contribution in [2.45, 2.75) is 44.9 Å². The van der Waals surface area contributed by atoms with Gasteiger partial charge in [0.2, 0.25) is 21.8 Å². The molecule has 3 aromatic rings. The fourth-order valence-corrected chi connectivity index (χ4v) is 5.43. The molecule has 1 aliphatic heterocycles. The highest BCUT2D eigenvalue weighted by molar-refractivity contribution is 7.89. The summed E-state index contributed by atoms with van der Waals surface area (Å²) >= 11 is 0. The van der Waals surface area contributed by atoms with Crippen LogP contribution in [0.5, 0.6) is 0 Å². The summed E-state index contributed by atoms with van der Waals surface area (Å²) in [4.78, 5) is 13.0. The molecular formula is C24H28N4O4S. The minimum absolute atomic E-state index is 0.0253. The van der Waals surface area contributed by atoms with Gasteiger partial charge in [-0.3, -0.25) is 10.1 Å². The Labute approximate surface area is 194 Å². The molecule has 1 saturated heterocycles. The van der Waals surface area contributed by atoms with Gasteiger partial charge in [0.05, 0.1) is 17.2 Å². The summed E-state index contributed by atoms with van der Waals surface area (Å²) in [5.74, 6) is -0.407. The van der Waals surface area contributed by atoms with Gasteiger partial charge >= 0.3 is 6.01 Å². The smallest absolute Gasteiger partial charge is 0.322 e. The van der Waals surface area contributed by atoms with E-state index >= 15 is 0 Å². The molecule has 1 fully saturated rings. The minimum Gasteiger partial charge on any atom is -0.407 e. The van der Waals surface area contributed by atoms with Crippen molar-refractivity contribution < 1.29 is 17.6 Å². The zero-order valence-electron chi connectivity index (χ0n) is 19.0. The van der Waals surface area contributed by atoms with Gasteiger partial charge in [-0.1, -0.05) is 41.0 Å². The molecule has 1 amide bonds. The molecule has 174 valence electrons. The van der Waals surface area contributed by atoms with Crippen LogP contribution in [0.1, 0.15) is 41.0 Å². The van der Waals surface area contributed by atoms with Gasteiger partial charge in [0.1, 0.15) is 0 Å². The van der Waals surface area contributed by atoms with Crippen molar-refractivity contribution in [3.05, 3.63) is 70.6 Å². The van der Waals surface area contributed by atoms with Crippen LogP contribution in [-0.4, -0.2) is 41.9 Å². The van der Waals surface area contributed by atoms with E-state index in [0.29, 0.717) is 31.7 Å². The maximum atomic E-state index is 13.0. The fourth-order valence-electron chi connectivity index (χ4n) is 3.91. The second-order valence-electron chi connectivity index (χ2n) is 8.60. The molecule has 33 heavy (non-hydrogen) atoms. The summed E-state index contributed by atoms with van der Waals surface area (Å²) in [6.07, 6.45) is 1.66. The van der Waals surface area contributed by atoms with E-state index in [-0.39, 0.29) is 23.4 Å². The fraction of sp³-hybridized carbons (Fsp3) is 0.375. The van der Waals surface area contributed by atoms with Crippen molar-refractivity contribution in [3.63, 3.8) is 0 Å². The number of carbonyl (C=O) groups excluding carboxylic acids is 1. The zero-order valence-corrected chi connectivity index (χ0v) is 19.9. The van der Waals surface area contributed by atoms with Crippen LogP contribution in [0.25, 0.3) is 0 Å². The second-order valence-corrected chi connectivity index (χ2v) is 10.5. The number of aromatic nitrogens is 2. The second kappa shape index (κ2) is 9.44. The third kappa shape index (κ3) is 5.31. The maximum absolute atomic E-state index is 13.0. The predicted molar refractivity (Wildman–Crippen MR) is 124 cm³/mol. The van der Waals surface area contributed by atoms with Crippen LogP contribution >= 0.6 is 0 Å². The van der Waals surface area contributed by atoms with Gasteiger partial charge < -0.3 is 4.42 Å². The predicted octanol–water partition coefficient (Wildman–Crippen LogP) is 3.63. The Morgan fingerprint density at radius 1 is 1.09 bits per heavy atom. The first-order valence-electron chi connectivity index (χ1n) is 11.0. The van der Waals surface area contributed by atoms with Crippen molar-refractivity contribution in [3.8, 4) is 0 Å². The molecule has 2 heterocycles. The zero-order chi connectivity index (χ0) is 23.6. The summed E-state index contributed by atoms with van der Waals surface area (Å²) in [7, 11) is -3.65. The maximum Gasteiger partial charge on any atom is 0.322 e. The van der Waals surface area contributed by atoms with Gasteiger partial charge in [-0.25, -0.2) is 8.42 Å². The van der Waals surface area contributed by atoms with E-state index in [1.807, 2.05) is 26.0 Å². The molecule has 1 aliphatic rings. The van der Waals surface area contributed by atoms with Crippen LogP contribution < -0.4 is 5.32 Å². The van der Waals surface area contributed by atoms with Gasteiger partial charge in [-0.2, -0.15) is 4.31 Å². The molecule has 0 saturated carbocycles. The Balaban J connectivity index is 1.39. The average molecular weight is 469 g/mol. The lowest BCUT2D eigenvalue weighted by molar-refractivity contribution is -0.121. The van der Waals surface area contributed by atoms with E-state index in [1.54, 1.807) is 24.3 Å². The summed E-state index contributed by atoms with van der Waals surface area (Å²) in [5.41, 5.74) is 4.43. The SMILES string of the molecule is Cc1ccc(S(=O)(=O)N2CCCC(C(=O)Nc3nnc(Cc4ccc(C)c(C)c4)o3)C2)cc1. The molecule has 9 heteroatoms. The standard InChI is InChI=1S/C24H28N4O4S/c1-16-6-10-21(11-7-16)33(30,31)28-12-4-5-20(15-28)23(29)25-24-27-26-22(32-24)14-19-9-8-17(2)18(3)13-19/h6-11,13,20H,4-5,12,14-15H2,1-3H3,(H,25,27,29). The van der Waals surface area contributed by atoms with E-state index in [2.05, 4.69) is 28.5 Å². The van der Waals surface area contributed by atoms with Crippen LogP contribution in [0.3, 0.4) is 0 Å². The number of benzene rings is 2. The molecule has 4 rings (SSSR count). The molecule has 1 unspecified atom stereocenters. The topological polar surface area (TPSA) is 105 Å². The Morgan fingerprint density at radius 2 is 1.85 bits per heavy atom. The van der Waals surface area contributed by atoms with E-state index in [4.69, 9.17) is 4.42 Å². The largest absolute Gasteiger partial charge is 0.407 e. The summed E-state index contributed by atoms with van der Waals surface area (Å²) < 4.78 is 33.0. The van der Waals surface area contributed by atoms with Crippen molar-refractivity contribution in [1.82, 2.24) is 14.5 Å². The first-order valence-corrected chi connectivity index (χ1v) is 12.4. The molecule has 0 radical (unpaired) electrons. The van der Waals surface area contributed by atoms with Gasteiger partial charge in [-0.15, -0.1) is 5.10 Å². The highest BCUT2D eigenvalue weighted by atomic mass is 32.2. The lowest BCUT2D eigenvalue weighted by Crippen LogP contribution is -2.43. The van der Waals surface area contributed by atoms with Crippen LogP contribution in [0.15, 0.2) is 51.8 Å². The van der Waals surface area contributed by atoms with E-state index in [0.717, 1.165) is 11.1 Å². The Bertz CT molecular complexity index is 1250. The number of carbonyl (C=O) groups is 1. The quantitative estimate of drug-likeness (QED) is 0.592. The van der Waals surface area contributed by atoms with Crippen LogP contribution in [0, 0.1) is 26.7 Å². The van der Waals surface area contributed by atoms with Crippen LogP contribution in [-0.2, 0) is 21.2 Å². The first-order chi connectivity index (χ1) is 15.7. The van der Waals surface area contributed by atoms with Gasteiger partial charge in [-0.05, 0) is 62.4 Å². The molecule has 1 N–H and O–H groups in total. The molecule has 1 atom stereocenters. The number of hydrogen-bond donors (Lipinski definition) is 1. The van der Waals surface area contributed by atoms with Gasteiger partial charge in [0.25, 0.3) is 0 Å². The van der Waals surface area contributed by atoms with Crippen LogP contribution in [0.4, 0.5) is 6.01 Å². The van der Waals surface area contributed by atoms with Crippen molar-refractivity contribution in [2.75, 3.05) is 18.4 Å². The normalized spacial score (nSPS) is 17.1. The van der Waals surface area contributed by atoms with E-state index < -0.39 is 15.9 Å². The molecule has 8 nitrogen and oxygen atoms in total. The number of nitrogens with one attached hydrogen (secondary N) is 1. The number of nitrogens with zero attached hydrogens (tertiary/aromatic N) is 3. The lowest BCUT2D eigenvalue weighted by atomic mass is 9.99. The van der Waals surface area contributed by atoms with Crippen LogP contribution in [0.2, 0.25) is 0 Å². The molecule has 0 bridgehead atoms. The summed E-state index contributed by atoms with van der Waals surface area (Å²) in [5, 5.41) is 10.6. The van der Waals surface area contributed by atoms with E-state index in [1.165, 1.54) is 15.4 Å². The number of hydrogen-bond acceptors (Lipinski definition) is 6. The average Bonchev–Trinajstić information content (AvgIpc) is 3.23. The molecule has 0 aliphatic carbocycles. The lowest BCUT2D eigenvalue weighted by Gasteiger charge is -2.30. The number of piperidine rings is 1. The Morgan fingerprint density at radius 3 is 2.58 bits per heavy atom. The Hall–Kier alpha value is -3.04. The number of rotatable bonds is 6. The van der Waals surface area contributed by atoms with Crippen molar-refractivity contribution >= 4 is 21.9 Å². The summed E-state index contributed by atoms with van der Waals surface area (Å²) in [6.45, 7) is 6.51. The molecular weight excluding hydrogens is 440 g/mol. The van der Waals surface area contributed by atoms with Crippen molar-refractivity contribution in [2.24, 2.45) is 5.92 Å². The van der Waals surface area contributed by atoms with Crippen molar-refractivity contribution in [1.29, 1.82) is 0 Å². The number of sulfonamides is 1. The summed E-state index contributed by atoms with van der Waals surface area (Å²) in [6, 6.07) is 12.9. The first kappa shape index (κ1) is 23.1. The monoisotopic (exact) mass is 468 g/mol. The number of aryl methyl sites for hydroxylation is 3. The highest BCUT2D eigenvalue weighted by Gasteiger charge is 2.33. The number of anilines is 1. The molecule has 0 spiro atoms.